The van der Waals surface area contributed by atoms with Gasteiger partial charge < -0.3 is 10.3 Å². The van der Waals surface area contributed by atoms with Gasteiger partial charge in [-0.25, -0.2) is 13.8 Å². The standard InChI is InChI=1S/C16H9ClF2N4OS/c17-9-2-1-8(6-20)12(3-9)21-15(24)7-25-16-22-13-4-10(18)11(19)5-14(13)23-16/h1-5H,7H2,(H,21,24)(H,22,23). The molecule has 0 unspecified atom stereocenters. The highest BCUT2D eigenvalue weighted by Gasteiger charge is 2.12. The number of thioether (sulfide) groups is 1. The van der Waals surface area contributed by atoms with Crippen LogP contribution >= 0.6 is 23.4 Å². The van der Waals surface area contributed by atoms with E-state index in [4.69, 9.17) is 16.9 Å². The predicted molar refractivity (Wildman–Crippen MR) is 91.5 cm³/mol. The third-order valence-corrected chi connectivity index (χ3v) is 4.33. The van der Waals surface area contributed by atoms with Crippen LogP contribution in [-0.2, 0) is 4.79 Å². The van der Waals surface area contributed by atoms with Gasteiger partial charge in [-0.2, -0.15) is 5.26 Å². The first-order chi connectivity index (χ1) is 12.0. The summed E-state index contributed by atoms with van der Waals surface area (Å²) in [5.41, 5.74) is 1.21. The molecule has 0 bridgehead atoms. The Bertz CT molecular complexity index is 976. The average molecular weight is 379 g/mol. The van der Waals surface area contributed by atoms with Crippen LogP contribution in [0.15, 0.2) is 35.5 Å². The quantitative estimate of drug-likeness (QED) is 0.670. The molecule has 25 heavy (non-hydrogen) atoms. The van der Waals surface area contributed by atoms with Gasteiger partial charge in [-0.15, -0.1) is 0 Å². The Hall–Kier alpha value is -2.63. The molecule has 0 saturated heterocycles. The van der Waals surface area contributed by atoms with Crippen molar-refractivity contribution in [3.05, 3.63) is 52.6 Å². The van der Waals surface area contributed by atoms with E-state index in [0.717, 1.165) is 23.9 Å². The maximum Gasteiger partial charge on any atom is 0.234 e. The van der Waals surface area contributed by atoms with E-state index >= 15 is 0 Å². The van der Waals surface area contributed by atoms with Gasteiger partial charge in [-0.1, -0.05) is 23.4 Å². The zero-order valence-corrected chi connectivity index (χ0v) is 14.0. The van der Waals surface area contributed by atoms with E-state index in [1.165, 1.54) is 12.1 Å². The van der Waals surface area contributed by atoms with Gasteiger partial charge in [0.05, 0.1) is 28.0 Å². The molecule has 3 aromatic rings. The molecule has 0 atom stereocenters. The fraction of sp³-hybridized carbons (Fsp3) is 0.0625. The zero-order chi connectivity index (χ0) is 18.0. The Morgan fingerprint density at radius 3 is 2.84 bits per heavy atom. The third-order valence-electron chi connectivity index (χ3n) is 3.22. The molecule has 1 aromatic heterocycles. The normalized spacial score (nSPS) is 10.6. The first kappa shape index (κ1) is 17.2. The van der Waals surface area contributed by atoms with Crippen molar-refractivity contribution in [2.45, 2.75) is 5.16 Å². The van der Waals surface area contributed by atoms with Gasteiger partial charge >= 0.3 is 0 Å². The second kappa shape index (κ2) is 7.09. The van der Waals surface area contributed by atoms with E-state index in [1.54, 1.807) is 6.07 Å². The number of imidazole rings is 1. The summed E-state index contributed by atoms with van der Waals surface area (Å²) in [7, 11) is 0. The molecular formula is C16H9ClF2N4OS. The number of nitrogens with zero attached hydrogens (tertiary/aromatic N) is 2. The molecule has 0 fully saturated rings. The van der Waals surface area contributed by atoms with Gasteiger partial charge in [0.2, 0.25) is 5.91 Å². The molecule has 126 valence electrons. The van der Waals surface area contributed by atoms with E-state index in [9.17, 15) is 13.6 Å². The monoisotopic (exact) mass is 378 g/mol. The number of carbonyl (C=O) groups excluding carboxylic acids is 1. The second-order valence-electron chi connectivity index (χ2n) is 4.96. The first-order valence-corrected chi connectivity index (χ1v) is 8.29. The summed E-state index contributed by atoms with van der Waals surface area (Å²) in [6.45, 7) is 0. The van der Waals surface area contributed by atoms with Crippen LogP contribution in [0.3, 0.4) is 0 Å². The molecule has 0 saturated carbocycles. The van der Waals surface area contributed by atoms with Crippen molar-refractivity contribution in [3.8, 4) is 6.07 Å². The number of carbonyl (C=O) groups is 1. The topological polar surface area (TPSA) is 81.6 Å². The maximum absolute atomic E-state index is 13.2. The molecule has 3 rings (SSSR count). The molecular weight excluding hydrogens is 370 g/mol. The summed E-state index contributed by atoms with van der Waals surface area (Å²) in [6, 6.07) is 8.49. The van der Waals surface area contributed by atoms with E-state index in [1.807, 2.05) is 6.07 Å². The van der Waals surface area contributed by atoms with Crippen LogP contribution < -0.4 is 5.32 Å². The highest BCUT2D eigenvalue weighted by molar-refractivity contribution is 7.99. The van der Waals surface area contributed by atoms with Crippen molar-refractivity contribution in [1.82, 2.24) is 9.97 Å². The Balaban J connectivity index is 1.69. The van der Waals surface area contributed by atoms with Crippen LogP contribution in [-0.4, -0.2) is 21.6 Å². The molecule has 1 heterocycles. The number of nitriles is 1. The molecule has 0 aliphatic heterocycles. The van der Waals surface area contributed by atoms with Crippen LogP contribution in [0.4, 0.5) is 14.5 Å². The smallest absolute Gasteiger partial charge is 0.234 e. The van der Waals surface area contributed by atoms with Crippen LogP contribution in [0.5, 0.6) is 0 Å². The van der Waals surface area contributed by atoms with Gasteiger partial charge in [0.1, 0.15) is 6.07 Å². The van der Waals surface area contributed by atoms with Crippen molar-refractivity contribution in [2.75, 3.05) is 11.1 Å². The van der Waals surface area contributed by atoms with E-state index < -0.39 is 11.6 Å². The Morgan fingerprint density at radius 1 is 1.32 bits per heavy atom. The number of hydrogen-bond acceptors (Lipinski definition) is 4. The number of aromatic nitrogens is 2. The van der Waals surface area contributed by atoms with Crippen LogP contribution in [0.1, 0.15) is 5.56 Å². The number of halogens is 3. The minimum atomic E-state index is -0.988. The number of nitrogens with one attached hydrogen (secondary N) is 2. The van der Waals surface area contributed by atoms with Crippen molar-refractivity contribution in [1.29, 1.82) is 5.26 Å². The summed E-state index contributed by atoms with van der Waals surface area (Å²) in [5.74, 6) is -2.35. The van der Waals surface area contributed by atoms with Crippen LogP contribution in [0, 0.1) is 23.0 Å². The van der Waals surface area contributed by atoms with Crippen molar-refractivity contribution in [3.63, 3.8) is 0 Å². The molecule has 0 aliphatic carbocycles. The number of rotatable bonds is 4. The fourth-order valence-corrected chi connectivity index (χ4v) is 2.94. The summed E-state index contributed by atoms with van der Waals surface area (Å²) in [5, 5.41) is 12.4. The summed E-state index contributed by atoms with van der Waals surface area (Å²) < 4.78 is 26.4. The first-order valence-electron chi connectivity index (χ1n) is 6.93. The summed E-state index contributed by atoms with van der Waals surface area (Å²) >= 11 is 6.92. The Morgan fingerprint density at radius 2 is 2.08 bits per heavy atom. The largest absolute Gasteiger partial charge is 0.333 e. The second-order valence-corrected chi connectivity index (χ2v) is 6.36. The molecule has 5 nitrogen and oxygen atoms in total. The van der Waals surface area contributed by atoms with Gasteiger partial charge in [0.25, 0.3) is 0 Å². The SMILES string of the molecule is N#Cc1ccc(Cl)cc1NC(=O)CSc1nc2cc(F)c(F)cc2[nH]1. The molecule has 0 aliphatic rings. The number of H-pyrrole nitrogens is 1. The highest BCUT2D eigenvalue weighted by Crippen LogP contribution is 2.23. The van der Waals surface area contributed by atoms with E-state index in [-0.39, 0.29) is 22.7 Å². The lowest BCUT2D eigenvalue weighted by molar-refractivity contribution is -0.113. The maximum atomic E-state index is 13.2. The minimum absolute atomic E-state index is 0.0117. The third kappa shape index (κ3) is 3.90. The zero-order valence-electron chi connectivity index (χ0n) is 12.4. The average Bonchev–Trinajstić information content (AvgIpc) is 2.95. The van der Waals surface area contributed by atoms with Gasteiger partial charge in [-0.3, -0.25) is 4.79 Å². The van der Waals surface area contributed by atoms with E-state index in [2.05, 4.69) is 15.3 Å². The Kier molecular flexibility index (Phi) is 4.88. The van der Waals surface area contributed by atoms with Gasteiger partial charge in [0.15, 0.2) is 16.8 Å². The number of hydrogen-bond donors (Lipinski definition) is 2. The molecule has 0 radical (unpaired) electrons. The molecule has 2 aromatic carbocycles. The minimum Gasteiger partial charge on any atom is -0.333 e. The van der Waals surface area contributed by atoms with E-state index in [0.29, 0.717) is 21.4 Å². The van der Waals surface area contributed by atoms with Crippen LogP contribution in [0.2, 0.25) is 5.02 Å². The van der Waals surface area contributed by atoms with Gasteiger partial charge in [-0.05, 0) is 18.2 Å². The lowest BCUT2D eigenvalue weighted by atomic mass is 10.2. The molecule has 0 spiro atoms. The number of amides is 1. The highest BCUT2D eigenvalue weighted by atomic mass is 35.5. The number of aromatic amines is 1. The summed E-state index contributed by atoms with van der Waals surface area (Å²) in [4.78, 5) is 18.9. The van der Waals surface area contributed by atoms with Crippen molar-refractivity contribution < 1.29 is 13.6 Å². The predicted octanol–water partition coefficient (Wildman–Crippen LogP) is 4.10. The van der Waals surface area contributed by atoms with Crippen molar-refractivity contribution >= 4 is 46.0 Å². The fourth-order valence-electron chi connectivity index (χ4n) is 2.09. The molecule has 9 heteroatoms. The molecule has 2 N–H and O–H groups in total. The van der Waals surface area contributed by atoms with Gasteiger partial charge in [0, 0.05) is 17.2 Å². The van der Waals surface area contributed by atoms with Crippen LogP contribution in [0.25, 0.3) is 11.0 Å². The summed E-state index contributed by atoms with van der Waals surface area (Å²) in [6.07, 6.45) is 0. The number of fused-ring (bicyclic) bond motifs is 1. The molecule has 1 amide bonds. The Labute approximate surface area is 150 Å². The van der Waals surface area contributed by atoms with Crippen molar-refractivity contribution in [2.24, 2.45) is 0 Å². The number of anilines is 1. The lowest BCUT2D eigenvalue weighted by Gasteiger charge is -2.06. The number of benzene rings is 2. The lowest BCUT2D eigenvalue weighted by Crippen LogP contribution is -2.15.